The molecule has 5 heteroatoms. The highest BCUT2D eigenvalue weighted by Gasteiger charge is 2.14. The Balaban J connectivity index is 4.47. The number of allylic oxidation sites excluding steroid dienone is 1. The number of ether oxygens (including phenoxy) is 2. The zero-order valence-corrected chi connectivity index (χ0v) is 9.74. The van der Waals surface area contributed by atoms with Crippen molar-refractivity contribution in [3.8, 4) is 0 Å². The number of ketones is 1. The number of hydrogen-bond donors (Lipinski definition) is 0. The third-order valence-electron chi connectivity index (χ3n) is 1.90. The van der Waals surface area contributed by atoms with Gasteiger partial charge in [-0.25, -0.2) is 4.79 Å². The molecule has 0 aromatic rings. The van der Waals surface area contributed by atoms with Gasteiger partial charge in [0.1, 0.15) is 5.78 Å². The Morgan fingerprint density at radius 3 is 2.19 bits per heavy atom. The summed E-state index contributed by atoms with van der Waals surface area (Å²) in [5, 5.41) is 0. The van der Waals surface area contributed by atoms with Crippen molar-refractivity contribution in [3.63, 3.8) is 0 Å². The molecule has 0 saturated carbocycles. The monoisotopic (exact) mass is 228 g/mol. The van der Waals surface area contributed by atoms with E-state index in [4.69, 9.17) is 0 Å². The molecule has 0 spiro atoms. The molecule has 0 atom stereocenters. The lowest BCUT2D eigenvalue weighted by atomic mass is 10.1. The largest absolute Gasteiger partial charge is 0.469 e. The summed E-state index contributed by atoms with van der Waals surface area (Å²) in [5.41, 5.74) is 0.218. The molecule has 0 saturated heterocycles. The number of hydrogen-bond acceptors (Lipinski definition) is 5. The van der Waals surface area contributed by atoms with E-state index in [1.54, 1.807) is 0 Å². The van der Waals surface area contributed by atoms with Crippen molar-refractivity contribution < 1.29 is 23.9 Å². The summed E-state index contributed by atoms with van der Waals surface area (Å²) >= 11 is 0. The van der Waals surface area contributed by atoms with Crippen LogP contribution in [0.25, 0.3) is 0 Å². The molecular weight excluding hydrogens is 212 g/mol. The molecule has 0 aliphatic heterocycles. The van der Waals surface area contributed by atoms with Gasteiger partial charge < -0.3 is 14.3 Å². The second-order valence-corrected chi connectivity index (χ2v) is 3.21. The van der Waals surface area contributed by atoms with E-state index in [-0.39, 0.29) is 17.8 Å². The van der Waals surface area contributed by atoms with E-state index in [9.17, 15) is 14.4 Å². The van der Waals surface area contributed by atoms with Crippen LogP contribution in [0, 0.1) is 0 Å². The van der Waals surface area contributed by atoms with Gasteiger partial charge in [-0.2, -0.15) is 0 Å². The standard InChI is InChI=1S/C11H16O5/c1-8(12)5-4-6-9(11(14)16-3)7-10(13)15-2/h6H,4-5,7H2,1-3H3/b9-6+. The molecule has 0 radical (unpaired) electrons. The summed E-state index contributed by atoms with van der Waals surface area (Å²) in [5.74, 6) is -1.06. The highest BCUT2D eigenvalue weighted by atomic mass is 16.5. The Hall–Kier alpha value is -1.65. The summed E-state index contributed by atoms with van der Waals surface area (Å²) in [4.78, 5) is 33.0. The zero-order valence-electron chi connectivity index (χ0n) is 9.74. The van der Waals surface area contributed by atoms with E-state index in [1.165, 1.54) is 27.2 Å². The molecule has 0 N–H and O–H groups in total. The van der Waals surface area contributed by atoms with Gasteiger partial charge in [0, 0.05) is 12.0 Å². The van der Waals surface area contributed by atoms with Crippen molar-refractivity contribution in [2.45, 2.75) is 26.2 Å². The minimum Gasteiger partial charge on any atom is -0.469 e. The molecule has 16 heavy (non-hydrogen) atoms. The number of carbonyl (C=O) groups excluding carboxylic acids is 3. The van der Waals surface area contributed by atoms with Gasteiger partial charge in [0.05, 0.1) is 20.6 Å². The lowest BCUT2D eigenvalue weighted by Crippen LogP contribution is -2.11. The van der Waals surface area contributed by atoms with E-state index in [1.807, 2.05) is 0 Å². The minimum absolute atomic E-state index is 0.0264. The van der Waals surface area contributed by atoms with Crippen molar-refractivity contribution in [1.29, 1.82) is 0 Å². The average molecular weight is 228 g/mol. The van der Waals surface area contributed by atoms with Crippen molar-refractivity contribution in [3.05, 3.63) is 11.6 Å². The average Bonchev–Trinajstić information content (AvgIpc) is 2.25. The van der Waals surface area contributed by atoms with E-state index in [2.05, 4.69) is 9.47 Å². The van der Waals surface area contributed by atoms with E-state index >= 15 is 0 Å². The van der Waals surface area contributed by atoms with Crippen LogP contribution >= 0.6 is 0 Å². The second kappa shape index (κ2) is 7.62. The maximum Gasteiger partial charge on any atom is 0.333 e. The van der Waals surface area contributed by atoms with Gasteiger partial charge in [0.15, 0.2) is 0 Å². The number of methoxy groups -OCH3 is 2. The van der Waals surface area contributed by atoms with Gasteiger partial charge >= 0.3 is 11.9 Å². The van der Waals surface area contributed by atoms with Crippen molar-refractivity contribution in [2.75, 3.05) is 14.2 Å². The van der Waals surface area contributed by atoms with Crippen LogP contribution in [0.15, 0.2) is 11.6 Å². The highest BCUT2D eigenvalue weighted by Crippen LogP contribution is 2.08. The number of esters is 2. The lowest BCUT2D eigenvalue weighted by molar-refractivity contribution is -0.143. The quantitative estimate of drug-likeness (QED) is 0.501. The zero-order chi connectivity index (χ0) is 12.6. The highest BCUT2D eigenvalue weighted by molar-refractivity contribution is 5.93. The molecule has 5 nitrogen and oxygen atoms in total. The fourth-order valence-electron chi connectivity index (χ4n) is 1.04. The molecule has 0 aliphatic rings. The SMILES string of the molecule is COC(=O)C/C(=C\CCC(C)=O)C(=O)OC. The lowest BCUT2D eigenvalue weighted by Gasteiger charge is -2.03. The smallest absolute Gasteiger partial charge is 0.333 e. The summed E-state index contributed by atoms with van der Waals surface area (Å²) in [6.45, 7) is 1.46. The van der Waals surface area contributed by atoms with E-state index in [0.29, 0.717) is 12.8 Å². The maximum absolute atomic E-state index is 11.3. The molecular formula is C11H16O5. The van der Waals surface area contributed by atoms with Gasteiger partial charge in [-0.15, -0.1) is 0 Å². The molecule has 0 aromatic carbocycles. The Kier molecular flexibility index (Phi) is 6.83. The maximum atomic E-state index is 11.3. The molecule has 90 valence electrons. The second-order valence-electron chi connectivity index (χ2n) is 3.21. The predicted molar refractivity (Wildman–Crippen MR) is 56.6 cm³/mol. The van der Waals surface area contributed by atoms with Crippen LogP contribution in [0.2, 0.25) is 0 Å². The first kappa shape index (κ1) is 14.3. The number of Topliss-reactive ketones (excluding diaryl/α,β-unsaturated/α-hetero) is 1. The first-order chi connectivity index (χ1) is 7.51. The van der Waals surface area contributed by atoms with Crippen LogP contribution < -0.4 is 0 Å². The van der Waals surface area contributed by atoms with Crippen LogP contribution in [0.1, 0.15) is 26.2 Å². The van der Waals surface area contributed by atoms with Crippen LogP contribution in [0.3, 0.4) is 0 Å². The van der Waals surface area contributed by atoms with Gasteiger partial charge in [0.2, 0.25) is 0 Å². The predicted octanol–water partition coefficient (Wildman–Crippen LogP) is 1.02. The van der Waals surface area contributed by atoms with Gasteiger partial charge in [-0.1, -0.05) is 6.08 Å². The molecule has 0 rings (SSSR count). The minimum atomic E-state index is -0.575. The Morgan fingerprint density at radius 2 is 1.75 bits per heavy atom. The third kappa shape index (κ3) is 5.95. The first-order valence-electron chi connectivity index (χ1n) is 4.84. The van der Waals surface area contributed by atoms with Crippen LogP contribution in [-0.4, -0.2) is 31.9 Å². The van der Waals surface area contributed by atoms with Crippen molar-refractivity contribution >= 4 is 17.7 Å². The van der Waals surface area contributed by atoms with Crippen LogP contribution in [0.5, 0.6) is 0 Å². The van der Waals surface area contributed by atoms with Gasteiger partial charge in [0.25, 0.3) is 0 Å². The van der Waals surface area contributed by atoms with Crippen LogP contribution in [0.4, 0.5) is 0 Å². The normalized spacial score (nSPS) is 10.8. The van der Waals surface area contributed by atoms with Gasteiger partial charge in [-0.05, 0) is 13.3 Å². The van der Waals surface area contributed by atoms with Gasteiger partial charge in [-0.3, -0.25) is 4.79 Å². The third-order valence-corrected chi connectivity index (χ3v) is 1.90. The summed E-state index contributed by atoms with van der Waals surface area (Å²) in [6.07, 6.45) is 2.14. The fraction of sp³-hybridized carbons (Fsp3) is 0.545. The van der Waals surface area contributed by atoms with E-state index in [0.717, 1.165) is 0 Å². The molecule has 0 bridgehead atoms. The summed E-state index contributed by atoms with van der Waals surface area (Å²) in [7, 11) is 2.48. The first-order valence-corrected chi connectivity index (χ1v) is 4.84. The molecule has 0 heterocycles. The molecule has 0 aliphatic carbocycles. The Labute approximate surface area is 94.4 Å². The Morgan fingerprint density at radius 1 is 1.12 bits per heavy atom. The van der Waals surface area contributed by atoms with Crippen LogP contribution in [-0.2, 0) is 23.9 Å². The number of carbonyl (C=O) groups is 3. The summed E-state index contributed by atoms with van der Waals surface area (Å²) < 4.78 is 8.96. The fourth-order valence-corrected chi connectivity index (χ4v) is 1.04. The summed E-state index contributed by atoms with van der Waals surface area (Å²) in [6, 6.07) is 0. The van der Waals surface area contributed by atoms with Crippen molar-refractivity contribution in [2.24, 2.45) is 0 Å². The molecule has 0 fully saturated rings. The van der Waals surface area contributed by atoms with E-state index < -0.39 is 11.9 Å². The topological polar surface area (TPSA) is 69.7 Å². The van der Waals surface area contributed by atoms with Crippen molar-refractivity contribution in [1.82, 2.24) is 0 Å². The molecule has 0 aromatic heterocycles. The number of rotatable bonds is 6. The Bertz CT molecular complexity index is 303. The molecule has 0 amide bonds. The molecule has 0 unspecified atom stereocenters.